The number of phenolic OH excluding ortho intramolecular Hbond substituents is 1. The molecule has 6 heteroatoms. The van der Waals surface area contributed by atoms with Crippen molar-refractivity contribution < 1.29 is 19.1 Å². The number of furan rings is 1. The Morgan fingerprint density at radius 1 is 0.906 bits per heavy atom. The molecule has 5 rings (SSSR count). The molecule has 0 radical (unpaired) electrons. The zero-order chi connectivity index (χ0) is 22.1. The van der Waals surface area contributed by atoms with E-state index < -0.39 is 0 Å². The fraction of sp³-hybridized carbons (Fsp3) is 0.0385. The number of fused-ring (bicyclic) bond motifs is 1. The van der Waals surface area contributed by atoms with Crippen LogP contribution in [0.5, 0.6) is 11.6 Å². The zero-order valence-corrected chi connectivity index (χ0v) is 17.1. The summed E-state index contributed by atoms with van der Waals surface area (Å²) in [6.07, 6.45) is 1.39. The number of ketones is 1. The first-order valence-corrected chi connectivity index (χ1v) is 9.98. The van der Waals surface area contributed by atoms with Crippen molar-refractivity contribution in [2.45, 2.75) is 0 Å². The molecule has 0 saturated carbocycles. The number of aromatic hydroxyl groups is 1. The molecule has 0 aliphatic rings. The highest BCUT2D eigenvalue weighted by atomic mass is 16.5. The largest absolute Gasteiger partial charge is 0.508 e. The van der Waals surface area contributed by atoms with Gasteiger partial charge in [0.1, 0.15) is 23.3 Å². The highest BCUT2D eigenvalue weighted by molar-refractivity contribution is 6.20. The second-order valence-electron chi connectivity index (χ2n) is 7.20. The summed E-state index contributed by atoms with van der Waals surface area (Å²) in [4.78, 5) is 13.9. The Kier molecular flexibility index (Phi) is 4.88. The maximum atomic E-state index is 13.9. The van der Waals surface area contributed by atoms with Gasteiger partial charge >= 0.3 is 0 Å². The van der Waals surface area contributed by atoms with Crippen molar-refractivity contribution in [2.24, 2.45) is 0 Å². The molecule has 1 N–H and O–H groups in total. The summed E-state index contributed by atoms with van der Waals surface area (Å²) in [5.41, 5.74) is 3.89. The van der Waals surface area contributed by atoms with Gasteiger partial charge in [-0.2, -0.15) is 0 Å². The van der Waals surface area contributed by atoms with Crippen molar-refractivity contribution in [3.63, 3.8) is 0 Å². The molecule has 5 aromatic rings. The molecule has 0 spiro atoms. The fourth-order valence-corrected chi connectivity index (χ4v) is 3.79. The zero-order valence-electron chi connectivity index (χ0n) is 17.1. The van der Waals surface area contributed by atoms with Gasteiger partial charge in [0, 0.05) is 16.5 Å². The summed E-state index contributed by atoms with van der Waals surface area (Å²) in [7, 11) is 1.46. The summed E-state index contributed by atoms with van der Waals surface area (Å²) in [6.45, 7) is 0. The molecule has 3 aromatic carbocycles. The maximum Gasteiger partial charge on any atom is 0.245 e. The normalized spacial score (nSPS) is 10.9. The molecular weight excluding hydrogens is 404 g/mol. The lowest BCUT2D eigenvalue weighted by molar-refractivity contribution is 0.103. The van der Waals surface area contributed by atoms with E-state index in [4.69, 9.17) is 9.15 Å². The van der Waals surface area contributed by atoms with Crippen molar-refractivity contribution in [3.8, 4) is 34.0 Å². The summed E-state index contributed by atoms with van der Waals surface area (Å²) in [5, 5.41) is 19.1. The first-order chi connectivity index (χ1) is 15.7. The van der Waals surface area contributed by atoms with Crippen LogP contribution < -0.4 is 4.74 Å². The number of phenols is 1. The van der Waals surface area contributed by atoms with Gasteiger partial charge in [-0.3, -0.25) is 4.79 Å². The van der Waals surface area contributed by atoms with E-state index in [0.29, 0.717) is 27.8 Å². The Balaban J connectivity index is 1.82. The second-order valence-corrected chi connectivity index (χ2v) is 7.20. The molecule has 2 heterocycles. The molecule has 0 bridgehead atoms. The lowest BCUT2D eigenvalue weighted by atomic mass is 9.91. The highest BCUT2D eigenvalue weighted by Crippen LogP contribution is 2.39. The molecule has 6 nitrogen and oxygen atoms in total. The van der Waals surface area contributed by atoms with Crippen LogP contribution in [0.2, 0.25) is 0 Å². The SMILES string of the molecule is COc1nnc(-c2ccccc2)c(-c2ccccc2)c1C(=O)c1coc2ccc(O)cc12. The van der Waals surface area contributed by atoms with Crippen LogP contribution in [-0.4, -0.2) is 28.2 Å². The van der Waals surface area contributed by atoms with Crippen LogP contribution in [0, 0.1) is 0 Å². The van der Waals surface area contributed by atoms with E-state index in [9.17, 15) is 9.90 Å². The molecule has 0 saturated heterocycles. The number of rotatable bonds is 5. The number of carbonyl (C=O) groups excluding carboxylic acids is 1. The predicted octanol–water partition coefficient (Wildman–Crippen LogP) is 5.50. The summed E-state index contributed by atoms with van der Waals surface area (Å²) >= 11 is 0. The van der Waals surface area contributed by atoms with Crippen LogP contribution in [0.1, 0.15) is 15.9 Å². The van der Waals surface area contributed by atoms with Crippen LogP contribution in [0.3, 0.4) is 0 Å². The lowest BCUT2D eigenvalue weighted by Crippen LogP contribution is -2.10. The lowest BCUT2D eigenvalue weighted by Gasteiger charge is -2.16. The molecule has 2 aromatic heterocycles. The van der Waals surface area contributed by atoms with Crippen LogP contribution in [0.4, 0.5) is 0 Å². The van der Waals surface area contributed by atoms with E-state index in [0.717, 1.165) is 11.1 Å². The smallest absolute Gasteiger partial charge is 0.245 e. The topological polar surface area (TPSA) is 85.5 Å². The standard InChI is InChI=1S/C26H18N2O4/c1-31-26-23(25(30)20-15-32-21-13-12-18(29)14-19(20)21)22(16-8-4-2-5-9-16)24(27-28-26)17-10-6-3-7-11-17/h2-15,29H,1H3. The van der Waals surface area contributed by atoms with E-state index in [1.807, 2.05) is 60.7 Å². The third-order valence-electron chi connectivity index (χ3n) is 5.27. The molecular formula is C26H18N2O4. The Morgan fingerprint density at radius 3 is 2.28 bits per heavy atom. The average molecular weight is 422 g/mol. The van der Waals surface area contributed by atoms with Gasteiger partial charge in [0.2, 0.25) is 11.7 Å². The number of aromatic nitrogens is 2. The van der Waals surface area contributed by atoms with Gasteiger partial charge in [0.05, 0.1) is 18.2 Å². The van der Waals surface area contributed by atoms with Gasteiger partial charge in [-0.15, -0.1) is 10.2 Å². The molecule has 0 aliphatic heterocycles. The second kappa shape index (κ2) is 8.00. The van der Waals surface area contributed by atoms with E-state index >= 15 is 0 Å². The Labute approximate surface area is 183 Å². The molecule has 0 atom stereocenters. The number of ether oxygens (including phenoxy) is 1. The molecule has 32 heavy (non-hydrogen) atoms. The van der Waals surface area contributed by atoms with Gasteiger partial charge in [-0.25, -0.2) is 0 Å². The van der Waals surface area contributed by atoms with Crippen LogP contribution in [-0.2, 0) is 0 Å². The minimum atomic E-state index is -0.336. The molecule has 0 unspecified atom stereocenters. The van der Waals surface area contributed by atoms with Crippen LogP contribution in [0.25, 0.3) is 33.4 Å². The molecule has 0 amide bonds. The van der Waals surface area contributed by atoms with Crippen molar-refractivity contribution >= 4 is 16.8 Å². The Bertz CT molecular complexity index is 1430. The van der Waals surface area contributed by atoms with Gasteiger partial charge in [-0.05, 0) is 23.8 Å². The third kappa shape index (κ3) is 3.28. The quantitative estimate of drug-likeness (QED) is 0.376. The average Bonchev–Trinajstić information content (AvgIpc) is 3.26. The minimum Gasteiger partial charge on any atom is -0.508 e. The minimum absolute atomic E-state index is 0.0426. The van der Waals surface area contributed by atoms with E-state index in [2.05, 4.69) is 10.2 Å². The van der Waals surface area contributed by atoms with Crippen molar-refractivity contribution in [1.82, 2.24) is 10.2 Å². The summed E-state index contributed by atoms with van der Waals surface area (Å²) < 4.78 is 11.1. The van der Waals surface area contributed by atoms with Gasteiger partial charge in [-0.1, -0.05) is 60.7 Å². The van der Waals surface area contributed by atoms with Gasteiger partial charge < -0.3 is 14.3 Å². The van der Waals surface area contributed by atoms with E-state index in [1.165, 1.54) is 25.5 Å². The Morgan fingerprint density at radius 2 is 1.59 bits per heavy atom. The number of hydrogen-bond acceptors (Lipinski definition) is 6. The van der Waals surface area contributed by atoms with Gasteiger partial charge in [0.15, 0.2) is 0 Å². The summed E-state index contributed by atoms with van der Waals surface area (Å²) in [6, 6.07) is 23.7. The fourth-order valence-electron chi connectivity index (χ4n) is 3.79. The number of hydrogen-bond donors (Lipinski definition) is 1. The number of nitrogens with zero attached hydrogens (tertiary/aromatic N) is 2. The monoisotopic (exact) mass is 422 g/mol. The first kappa shape index (κ1) is 19.5. The highest BCUT2D eigenvalue weighted by Gasteiger charge is 2.28. The first-order valence-electron chi connectivity index (χ1n) is 9.98. The molecule has 156 valence electrons. The van der Waals surface area contributed by atoms with E-state index in [1.54, 1.807) is 6.07 Å². The van der Waals surface area contributed by atoms with Crippen molar-refractivity contribution in [2.75, 3.05) is 7.11 Å². The summed E-state index contributed by atoms with van der Waals surface area (Å²) in [5.74, 6) is -0.179. The van der Waals surface area contributed by atoms with Crippen LogP contribution >= 0.6 is 0 Å². The Hall–Kier alpha value is -4.45. The third-order valence-corrected chi connectivity index (χ3v) is 5.27. The van der Waals surface area contributed by atoms with Crippen molar-refractivity contribution in [3.05, 3.63) is 96.3 Å². The van der Waals surface area contributed by atoms with Gasteiger partial charge in [0.25, 0.3) is 0 Å². The van der Waals surface area contributed by atoms with E-state index in [-0.39, 0.29) is 23.0 Å². The molecule has 0 fully saturated rings. The predicted molar refractivity (Wildman–Crippen MR) is 121 cm³/mol. The number of carbonyl (C=O) groups is 1. The van der Waals surface area contributed by atoms with Crippen LogP contribution in [0.15, 0.2) is 89.5 Å². The molecule has 0 aliphatic carbocycles. The van der Waals surface area contributed by atoms with Crippen molar-refractivity contribution in [1.29, 1.82) is 0 Å². The number of benzene rings is 3. The number of methoxy groups -OCH3 is 1. The maximum absolute atomic E-state index is 13.9.